The van der Waals surface area contributed by atoms with Crippen LogP contribution in [0.2, 0.25) is 0 Å². The van der Waals surface area contributed by atoms with E-state index in [1.165, 1.54) is 141 Å². The molecule has 0 saturated carbocycles. The van der Waals surface area contributed by atoms with E-state index in [2.05, 4.69) is 98.9 Å². The van der Waals surface area contributed by atoms with Gasteiger partial charge in [-0.1, -0.05) is 247 Å². The van der Waals surface area contributed by atoms with E-state index < -0.39 is 26.5 Å². The van der Waals surface area contributed by atoms with E-state index in [0.29, 0.717) is 17.4 Å². The summed E-state index contributed by atoms with van der Waals surface area (Å²) in [5, 5.41) is 0. The van der Waals surface area contributed by atoms with Crippen LogP contribution in [0.15, 0.2) is 85.1 Å². The molecule has 0 aliphatic heterocycles. The smallest absolute Gasteiger partial charge is 0.306 e. The summed E-state index contributed by atoms with van der Waals surface area (Å²) in [5.41, 5.74) is 0. The van der Waals surface area contributed by atoms with Gasteiger partial charge in [0, 0.05) is 12.8 Å². The second-order valence-electron chi connectivity index (χ2n) is 21.7. The number of ether oxygens (including phenoxy) is 2. The molecule has 0 saturated heterocycles. The Bertz CT molecular complexity index is 1540. The number of carbonyl (C=O) groups excluding carboxylic acids is 2. The molecule has 0 aromatic heterocycles. The molecule has 0 radical (unpaired) electrons. The number of phosphoric acid groups is 1. The number of likely N-dealkylation sites (N-methyl/N-ethyl adjacent to an activating group) is 1. The summed E-state index contributed by atoms with van der Waals surface area (Å²) in [5.74, 6) is -0.835. The zero-order chi connectivity index (χ0) is 54.9. The Hall–Kier alpha value is -2.81. The fourth-order valence-corrected chi connectivity index (χ4v) is 9.15. The lowest BCUT2D eigenvalue weighted by Crippen LogP contribution is -2.37. The van der Waals surface area contributed by atoms with Crippen molar-refractivity contribution in [1.82, 2.24) is 0 Å². The maximum atomic E-state index is 12.8. The molecule has 75 heavy (non-hydrogen) atoms. The van der Waals surface area contributed by atoms with E-state index in [0.717, 1.165) is 89.9 Å². The van der Waals surface area contributed by atoms with Crippen LogP contribution in [0.5, 0.6) is 0 Å². The largest absolute Gasteiger partial charge is 0.756 e. The number of phosphoric ester groups is 1. The molecule has 0 N–H and O–H groups in total. The number of esters is 2. The van der Waals surface area contributed by atoms with Crippen molar-refractivity contribution in [3.05, 3.63) is 85.1 Å². The van der Waals surface area contributed by atoms with Crippen molar-refractivity contribution in [2.75, 3.05) is 47.5 Å². The van der Waals surface area contributed by atoms with Gasteiger partial charge in [-0.2, -0.15) is 0 Å². The first-order chi connectivity index (χ1) is 36.5. The highest BCUT2D eigenvalue weighted by Crippen LogP contribution is 2.38. The summed E-state index contributed by atoms with van der Waals surface area (Å²) in [6, 6.07) is 0. The Morgan fingerprint density at radius 2 is 0.760 bits per heavy atom. The van der Waals surface area contributed by atoms with Crippen LogP contribution in [0.3, 0.4) is 0 Å². The lowest BCUT2D eigenvalue weighted by Gasteiger charge is -2.28. The molecule has 0 heterocycles. The first kappa shape index (κ1) is 72.2. The molecule has 0 rings (SSSR count). The van der Waals surface area contributed by atoms with Gasteiger partial charge in [0.05, 0.1) is 27.7 Å². The third kappa shape index (κ3) is 60.3. The number of quaternary nitrogens is 1. The van der Waals surface area contributed by atoms with E-state index in [1.54, 1.807) is 0 Å². The minimum Gasteiger partial charge on any atom is -0.756 e. The fourth-order valence-electron chi connectivity index (χ4n) is 8.42. The van der Waals surface area contributed by atoms with E-state index in [1.807, 2.05) is 21.1 Å². The van der Waals surface area contributed by atoms with Gasteiger partial charge in [-0.3, -0.25) is 14.2 Å². The lowest BCUT2D eigenvalue weighted by molar-refractivity contribution is -0.870. The van der Waals surface area contributed by atoms with Crippen molar-refractivity contribution in [3.63, 3.8) is 0 Å². The van der Waals surface area contributed by atoms with Gasteiger partial charge in [0.25, 0.3) is 7.82 Å². The normalized spacial score (nSPS) is 13.8. The van der Waals surface area contributed by atoms with Gasteiger partial charge < -0.3 is 27.9 Å². The van der Waals surface area contributed by atoms with Crippen molar-refractivity contribution in [1.29, 1.82) is 0 Å². The van der Waals surface area contributed by atoms with E-state index >= 15 is 0 Å². The van der Waals surface area contributed by atoms with Crippen molar-refractivity contribution in [2.45, 2.75) is 270 Å². The van der Waals surface area contributed by atoms with Crippen LogP contribution in [-0.4, -0.2) is 70.0 Å². The second-order valence-corrected chi connectivity index (χ2v) is 23.1. The van der Waals surface area contributed by atoms with Crippen molar-refractivity contribution < 1.29 is 42.1 Å². The van der Waals surface area contributed by atoms with Gasteiger partial charge in [0.15, 0.2) is 6.10 Å². The van der Waals surface area contributed by atoms with Gasteiger partial charge >= 0.3 is 11.9 Å². The molecule has 0 aliphatic carbocycles. The predicted molar refractivity (Wildman–Crippen MR) is 319 cm³/mol. The van der Waals surface area contributed by atoms with Gasteiger partial charge in [-0.15, -0.1) is 0 Å². The number of allylic oxidation sites excluding steroid dienone is 14. The van der Waals surface area contributed by atoms with Crippen molar-refractivity contribution in [2.24, 2.45) is 0 Å². The SMILES string of the molecule is CC/C=C\C/C=C\C/C=C\C/C=C\C/C=C\C/C=C\CCCCCCCCCCCCCCCCC(=O)OC(COC(=O)CCCCCCCCC/C=C\CCCCCCCCC)COP(=O)([O-])OCC[N+](C)(C)C. The molecule has 9 nitrogen and oxygen atoms in total. The molecule has 0 bridgehead atoms. The molecular formula is C65H116NO8P. The maximum absolute atomic E-state index is 12.8. The van der Waals surface area contributed by atoms with E-state index in [4.69, 9.17) is 18.5 Å². The fraction of sp³-hybridized carbons (Fsp3) is 0.754. The molecule has 0 aromatic carbocycles. The minimum absolute atomic E-state index is 0.0335. The first-order valence-corrected chi connectivity index (χ1v) is 32.3. The van der Waals surface area contributed by atoms with Gasteiger partial charge in [-0.05, 0) is 89.9 Å². The predicted octanol–water partition coefficient (Wildman–Crippen LogP) is 18.8. The van der Waals surface area contributed by atoms with Gasteiger partial charge in [-0.25, -0.2) is 0 Å². The van der Waals surface area contributed by atoms with Crippen LogP contribution >= 0.6 is 7.82 Å². The summed E-state index contributed by atoms with van der Waals surface area (Å²) in [7, 11) is 1.16. The van der Waals surface area contributed by atoms with Crippen LogP contribution in [0.1, 0.15) is 264 Å². The van der Waals surface area contributed by atoms with Crippen LogP contribution in [-0.2, 0) is 32.7 Å². The Morgan fingerprint density at radius 3 is 1.15 bits per heavy atom. The molecular weight excluding hydrogens is 954 g/mol. The quantitative estimate of drug-likeness (QED) is 0.0195. The number of unbranched alkanes of at least 4 members (excludes halogenated alkanes) is 28. The topological polar surface area (TPSA) is 111 Å². The molecule has 434 valence electrons. The summed E-state index contributed by atoms with van der Waals surface area (Å²) >= 11 is 0. The maximum Gasteiger partial charge on any atom is 0.306 e. The summed E-state index contributed by atoms with van der Waals surface area (Å²) in [6.45, 7) is 4.14. The third-order valence-corrected chi connectivity index (χ3v) is 14.1. The first-order valence-electron chi connectivity index (χ1n) is 30.8. The Labute approximate surface area is 462 Å². The standard InChI is InChI=1S/C65H116NO8P/c1-6-8-10-12-14-16-18-20-22-24-26-27-28-29-30-31-32-33-34-35-36-37-38-39-40-42-44-46-48-50-52-54-56-58-65(68)74-63(62-73-75(69,70)72-60-59-66(3,4)5)61-71-64(67)57-55-53-51-49-47-45-43-41-25-23-21-19-17-15-13-11-9-7-2/h8,10,14,16,20,22-23,25-27,29-30,32-33,63H,6-7,9,11-13,15,17-19,21,24,28,31,34-62H2,1-5H3/b10-8-,16-14-,22-20-,25-23-,27-26-,30-29-,33-32-. The highest BCUT2D eigenvalue weighted by molar-refractivity contribution is 7.45. The van der Waals surface area contributed by atoms with E-state index in [9.17, 15) is 19.0 Å². The highest BCUT2D eigenvalue weighted by Gasteiger charge is 2.22. The van der Waals surface area contributed by atoms with E-state index in [-0.39, 0.29) is 32.0 Å². The van der Waals surface area contributed by atoms with Gasteiger partial charge in [0.1, 0.15) is 19.8 Å². The van der Waals surface area contributed by atoms with Crippen LogP contribution in [0.4, 0.5) is 0 Å². The Morgan fingerprint density at radius 1 is 0.427 bits per heavy atom. The molecule has 0 spiro atoms. The number of carbonyl (C=O) groups is 2. The van der Waals surface area contributed by atoms with Crippen LogP contribution < -0.4 is 4.89 Å². The average molecular weight is 1070 g/mol. The highest BCUT2D eigenvalue weighted by atomic mass is 31.2. The molecule has 0 aliphatic rings. The van der Waals surface area contributed by atoms with Crippen LogP contribution in [0, 0.1) is 0 Å². The monoisotopic (exact) mass is 1070 g/mol. The van der Waals surface area contributed by atoms with Crippen molar-refractivity contribution in [3.8, 4) is 0 Å². The molecule has 0 fully saturated rings. The zero-order valence-corrected chi connectivity index (χ0v) is 50.1. The zero-order valence-electron chi connectivity index (χ0n) is 49.2. The number of rotatable bonds is 56. The second kappa shape index (κ2) is 55.9. The van der Waals surface area contributed by atoms with Crippen LogP contribution in [0.25, 0.3) is 0 Å². The third-order valence-electron chi connectivity index (χ3n) is 13.1. The number of nitrogens with zero attached hydrogens (tertiary/aromatic N) is 1. The van der Waals surface area contributed by atoms with Gasteiger partial charge in [0.2, 0.25) is 0 Å². The molecule has 10 heteroatoms. The number of hydrogen-bond acceptors (Lipinski definition) is 8. The minimum atomic E-state index is -4.64. The summed E-state index contributed by atoms with van der Waals surface area (Å²) < 4.78 is 34.2. The summed E-state index contributed by atoms with van der Waals surface area (Å²) in [4.78, 5) is 37.9. The van der Waals surface area contributed by atoms with Crippen molar-refractivity contribution >= 4 is 19.8 Å². The number of hydrogen-bond donors (Lipinski definition) is 0. The molecule has 2 atom stereocenters. The Kier molecular flexibility index (Phi) is 53.8. The Balaban J connectivity index is 4.09. The molecule has 0 amide bonds. The summed E-state index contributed by atoms with van der Waals surface area (Å²) in [6.07, 6.45) is 74.9. The molecule has 0 aromatic rings. The average Bonchev–Trinajstić information content (AvgIpc) is 3.37. The lowest BCUT2D eigenvalue weighted by atomic mass is 10.0. The molecule has 2 unspecified atom stereocenters.